The monoisotopic (exact) mass is 413 g/mol. The summed E-state index contributed by atoms with van der Waals surface area (Å²) in [6.45, 7) is 1.28. The van der Waals surface area contributed by atoms with Gasteiger partial charge in [-0.2, -0.15) is 0 Å². The average molecular weight is 413 g/mol. The molecule has 1 aromatic carbocycles. The Morgan fingerprint density at radius 2 is 1.77 bits per heavy atom. The molecule has 0 spiro atoms. The predicted octanol–water partition coefficient (Wildman–Crippen LogP) is 1.97. The summed E-state index contributed by atoms with van der Waals surface area (Å²) in [5, 5.41) is 0. The summed E-state index contributed by atoms with van der Waals surface area (Å²) in [4.78, 5) is 50.2. The lowest BCUT2D eigenvalue weighted by molar-refractivity contribution is -0.143. The summed E-state index contributed by atoms with van der Waals surface area (Å²) in [7, 11) is 0. The van der Waals surface area contributed by atoms with Gasteiger partial charge in [0.2, 0.25) is 5.78 Å². The highest BCUT2D eigenvalue weighted by atomic mass is 16.5. The third-order valence-corrected chi connectivity index (χ3v) is 5.54. The number of Topliss-reactive ketones (excluding diaryl/α,β-unsaturated/α-hetero) is 1. The Morgan fingerprint density at radius 1 is 1.10 bits per heavy atom. The lowest BCUT2D eigenvalue weighted by Crippen LogP contribution is -2.44. The molecule has 1 aliphatic rings. The molecule has 160 valence electrons. The van der Waals surface area contributed by atoms with Gasteiger partial charge in [-0.3, -0.25) is 23.5 Å². The molecule has 3 rings (SSSR count). The van der Waals surface area contributed by atoms with Crippen LogP contribution in [0.15, 0.2) is 39.9 Å². The normalized spacial score (nSPS) is 14.0. The maximum atomic E-state index is 12.7. The maximum Gasteiger partial charge on any atom is 0.332 e. The van der Waals surface area contributed by atoms with Gasteiger partial charge in [-0.1, -0.05) is 43.2 Å². The van der Waals surface area contributed by atoms with Crippen LogP contribution in [0.4, 0.5) is 5.82 Å². The summed E-state index contributed by atoms with van der Waals surface area (Å²) < 4.78 is 7.28. The van der Waals surface area contributed by atoms with E-state index in [4.69, 9.17) is 10.5 Å². The van der Waals surface area contributed by atoms with Gasteiger partial charge in [0.05, 0.1) is 6.54 Å². The Balaban J connectivity index is 1.84. The van der Waals surface area contributed by atoms with E-state index in [2.05, 4.69) is 0 Å². The van der Waals surface area contributed by atoms with E-state index in [-0.39, 0.29) is 30.9 Å². The van der Waals surface area contributed by atoms with Crippen LogP contribution in [0.2, 0.25) is 0 Å². The maximum absolute atomic E-state index is 12.7. The average Bonchev–Trinajstić information content (AvgIpc) is 3.24. The predicted molar refractivity (Wildman–Crippen MR) is 112 cm³/mol. The zero-order chi connectivity index (χ0) is 21.7. The van der Waals surface area contributed by atoms with Gasteiger partial charge in [-0.15, -0.1) is 0 Å². The van der Waals surface area contributed by atoms with Crippen LogP contribution >= 0.6 is 0 Å². The Labute approximate surface area is 174 Å². The molecular formula is C22H27N3O5. The third-order valence-electron chi connectivity index (χ3n) is 5.54. The topological polar surface area (TPSA) is 113 Å². The Hall–Kier alpha value is -3.16. The number of anilines is 1. The lowest BCUT2D eigenvalue weighted by Gasteiger charge is -2.16. The van der Waals surface area contributed by atoms with Crippen molar-refractivity contribution in [3.63, 3.8) is 0 Å². The Bertz CT molecular complexity index is 1030. The zero-order valence-electron chi connectivity index (χ0n) is 17.1. The van der Waals surface area contributed by atoms with Crippen LogP contribution in [0, 0.1) is 5.92 Å². The molecule has 1 aromatic heterocycles. The molecule has 1 aliphatic carbocycles. The van der Waals surface area contributed by atoms with Crippen molar-refractivity contribution in [2.45, 2.75) is 52.1 Å². The van der Waals surface area contributed by atoms with Gasteiger partial charge >= 0.3 is 11.7 Å². The number of ketones is 1. The number of carbonyl (C=O) groups excluding carboxylic acids is 2. The number of aromatic nitrogens is 2. The van der Waals surface area contributed by atoms with Gasteiger partial charge in [-0.25, -0.2) is 4.79 Å². The molecule has 0 saturated heterocycles. The number of hydrogen-bond donors (Lipinski definition) is 1. The van der Waals surface area contributed by atoms with E-state index in [0.717, 1.165) is 35.8 Å². The minimum atomic E-state index is -0.763. The van der Waals surface area contributed by atoms with Gasteiger partial charge in [-0.05, 0) is 31.2 Å². The third kappa shape index (κ3) is 4.69. The SMILES string of the molecule is CCn1c(=O)c(C(=O)COC(=O)CC2CCCC2)c(N)n(Cc2ccccc2)c1=O. The fraction of sp³-hybridized carbons (Fsp3) is 0.455. The van der Waals surface area contributed by atoms with Crippen LogP contribution in [-0.2, 0) is 22.6 Å². The molecule has 0 amide bonds. The molecule has 0 atom stereocenters. The fourth-order valence-electron chi connectivity index (χ4n) is 3.90. The van der Waals surface area contributed by atoms with Crippen LogP contribution in [0.5, 0.6) is 0 Å². The second-order valence-electron chi connectivity index (χ2n) is 7.60. The summed E-state index contributed by atoms with van der Waals surface area (Å²) >= 11 is 0. The fourth-order valence-corrected chi connectivity index (χ4v) is 3.90. The first-order valence-electron chi connectivity index (χ1n) is 10.3. The van der Waals surface area contributed by atoms with E-state index >= 15 is 0 Å². The number of nitrogens with two attached hydrogens (primary N) is 1. The largest absolute Gasteiger partial charge is 0.457 e. The minimum Gasteiger partial charge on any atom is -0.457 e. The molecule has 0 radical (unpaired) electrons. The van der Waals surface area contributed by atoms with Crippen LogP contribution < -0.4 is 17.0 Å². The molecule has 1 saturated carbocycles. The van der Waals surface area contributed by atoms with Crippen molar-refractivity contribution in [1.82, 2.24) is 9.13 Å². The van der Waals surface area contributed by atoms with Crippen molar-refractivity contribution in [2.75, 3.05) is 12.3 Å². The van der Waals surface area contributed by atoms with Crippen molar-refractivity contribution in [1.29, 1.82) is 0 Å². The van der Waals surface area contributed by atoms with Gasteiger partial charge in [0.1, 0.15) is 11.4 Å². The second-order valence-corrected chi connectivity index (χ2v) is 7.60. The molecule has 30 heavy (non-hydrogen) atoms. The molecule has 1 heterocycles. The summed E-state index contributed by atoms with van der Waals surface area (Å²) in [5.74, 6) is -1.08. The zero-order valence-corrected chi connectivity index (χ0v) is 17.1. The molecule has 0 unspecified atom stereocenters. The number of carbonyl (C=O) groups is 2. The first-order valence-corrected chi connectivity index (χ1v) is 10.3. The molecule has 2 N–H and O–H groups in total. The Morgan fingerprint density at radius 3 is 2.40 bits per heavy atom. The highest BCUT2D eigenvalue weighted by molar-refractivity contribution is 6.01. The molecule has 8 heteroatoms. The summed E-state index contributed by atoms with van der Waals surface area (Å²) in [6, 6.07) is 9.13. The minimum absolute atomic E-state index is 0.0918. The molecule has 1 fully saturated rings. The van der Waals surface area contributed by atoms with E-state index in [1.807, 2.05) is 30.3 Å². The molecule has 0 bridgehead atoms. The van der Waals surface area contributed by atoms with E-state index in [9.17, 15) is 19.2 Å². The number of nitrogens with zero attached hydrogens (tertiary/aromatic N) is 2. The van der Waals surface area contributed by atoms with E-state index < -0.39 is 29.6 Å². The van der Waals surface area contributed by atoms with Crippen molar-refractivity contribution in [3.05, 3.63) is 62.3 Å². The second kappa shape index (κ2) is 9.56. The summed E-state index contributed by atoms with van der Waals surface area (Å²) in [5.41, 5.74) is 5.22. The highest BCUT2D eigenvalue weighted by Crippen LogP contribution is 2.27. The van der Waals surface area contributed by atoms with Gasteiger partial charge < -0.3 is 10.5 Å². The molecule has 2 aromatic rings. The number of benzene rings is 1. The Kier molecular flexibility index (Phi) is 6.87. The number of hydrogen-bond acceptors (Lipinski definition) is 6. The van der Waals surface area contributed by atoms with Crippen LogP contribution in [0.25, 0.3) is 0 Å². The number of esters is 1. The van der Waals surface area contributed by atoms with Crippen LogP contribution in [0.3, 0.4) is 0 Å². The smallest absolute Gasteiger partial charge is 0.332 e. The van der Waals surface area contributed by atoms with Gasteiger partial charge in [0.25, 0.3) is 5.56 Å². The van der Waals surface area contributed by atoms with Crippen molar-refractivity contribution >= 4 is 17.6 Å². The van der Waals surface area contributed by atoms with Crippen molar-refractivity contribution in [3.8, 4) is 0 Å². The van der Waals surface area contributed by atoms with E-state index in [0.29, 0.717) is 5.92 Å². The lowest BCUT2D eigenvalue weighted by atomic mass is 10.0. The molecular weight excluding hydrogens is 386 g/mol. The van der Waals surface area contributed by atoms with Crippen LogP contribution in [0.1, 0.15) is 54.9 Å². The number of rotatable bonds is 8. The highest BCUT2D eigenvalue weighted by Gasteiger charge is 2.24. The number of nitrogen functional groups attached to an aromatic ring is 1. The molecule has 0 aliphatic heterocycles. The van der Waals surface area contributed by atoms with Crippen molar-refractivity contribution < 1.29 is 14.3 Å². The molecule has 8 nitrogen and oxygen atoms in total. The number of ether oxygens (including phenoxy) is 1. The summed E-state index contributed by atoms with van der Waals surface area (Å²) in [6.07, 6.45) is 4.46. The standard InChI is InChI=1S/C22H27N3O5/c1-2-24-21(28)19(17(26)14-30-18(27)12-15-8-6-7-9-15)20(23)25(22(24)29)13-16-10-4-3-5-11-16/h3-5,10-11,15H,2,6-9,12-14,23H2,1H3. The van der Waals surface area contributed by atoms with Crippen LogP contribution in [-0.4, -0.2) is 27.5 Å². The van der Waals surface area contributed by atoms with E-state index in [1.165, 1.54) is 4.57 Å². The van der Waals surface area contributed by atoms with E-state index in [1.54, 1.807) is 6.92 Å². The van der Waals surface area contributed by atoms with Gasteiger partial charge in [0.15, 0.2) is 6.61 Å². The quantitative estimate of drug-likeness (QED) is 0.523. The van der Waals surface area contributed by atoms with Gasteiger partial charge in [0, 0.05) is 13.0 Å². The first kappa shape index (κ1) is 21.5. The first-order chi connectivity index (χ1) is 14.4. The van der Waals surface area contributed by atoms with Crippen molar-refractivity contribution in [2.24, 2.45) is 5.92 Å².